The number of nitrogens with zero attached hydrogens (tertiary/aromatic N) is 5. The Hall–Kier alpha value is -2.96. The van der Waals surface area contributed by atoms with E-state index >= 15 is 0 Å². The number of hydrogen-bond acceptors (Lipinski definition) is 6. The third-order valence-electron chi connectivity index (χ3n) is 4.87. The molecule has 0 spiro atoms. The molecular formula is C20H23N5O2. The molecule has 0 aliphatic carbocycles. The second-order valence-corrected chi connectivity index (χ2v) is 7.10. The Morgan fingerprint density at radius 2 is 1.85 bits per heavy atom. The van der Waals surface area contributed by atoms with E-state index in [2.05, 4.69) is 20.0 Å². The molecule has 1 fully saturated rings. The van der Waals surface area contributed by atoms with Crippen LogP contribution in [-0.4, -0.2) is 38.8 Å². The molecule has 0 amide bonds. The zero-order valence-corrected chi connectivity index (χ0v) is 15.8. The van der Waals surface area contributed by atoms with Crippen molar-refractivity contribution in [1.29, 1.82) is 0 Å². The molecule has 0 N–H and O–H groups in total. The van der Waals surface area contributed by atoms with E-state index in [1.54, 1.807) is 6.20 Å². The highest BCUT2D eigenvalue weighted by molar-refractivity contribution is 5.52. The summed E-state index contributed by atoms with van der Waals surface area (Å²) in [5, 5.41) is 4.57. The lowest BCUT2D eigenvalue weighted by Crippen LogP contribution is -2.39. The highest BCUT2D eigenvalue weighted by Gasteiger charge is 2.23. The van der Waals surface area contributed by atoms with Crippen LogP contribution >= 0.6 is 0 Å². The number of piperidine rings is 1. The Labute approximate surface area is 157 Å². The Morgan fingerprint density at radius 3 is 2.56 bits per heavy atom. The van der Waals surface area contributed by atoms with E-state index in [0.717, 1.165) is 48.8 Å². The molecule has 27 heavy (non-hydrogen) atoms. The van der Waals surface area contributed by atoms with Crippen molar-refractivity contribution in [3.8, 4) is 5.75 Å². The van der Waals surface area contributed by atoms with Gasteiger partial charge in [-0.2, -0.15) is 4.52 Å². The van der Waals surface area contributed by atoms with E-state index in [9.17, 15) is 4.79 Å². The normalized spacial score (nSPS) is 15.3. The van der Waals surface area contributed by atoms with Crippen molar-refractivity contribution in [3.05, 3.63) is 57.8 Å². The number of ether oxygens (including phenoxy) is 1. The molecule has 0 radical (unpaired) electrons. The van der Waals surface area contributed by atoms with E-state index in [4.69, 9.17) is 4.74 Å². The van der Waals surface area contributed by atoms with Crippen molar-refractivity contribution in [2.24, 2.45) is 0 Å². The maximum Gasteiger partial charge on any atom is 0.274 e. The molecule has 1 saturated heterocycles. The number of fused-ring (bicyclic) bond motifs is 1. The van der Waals surface area contributed by atoms with E-state index in [1.165, 1.54) is 10.6 Å². The number of hydrogen-bond donors (Lipinski definition) is 0. The summed E-state index contributed by atoms with van der Waals surface area (Å²) in [6.45, 7) is 7.45. The van der Waals surface area contributed by atoms with Gasteiger partial charge >= 0.3 is 0 Å². The van der Waals surface area contributed by atoms with E-state index in [0.29, 0.717) is 11.3 Å². The molecule has 7 nitrogen and oxygen atoms in total. The predicted octanol–water partition coefficient (Wildman–Crippen LogP) is 2.46. The fourth-order valence-corrected chi connectivity index (χ4v) is 3.45. The lowest BCUT2D eigenvalue weighted by molar-refractivity contribution is 0.170. The fraction of sp³-hybridized carbons (Fsp3) is 0.400. The van der Waals surface area contributed by atoms with Gasteiger partial charge in [-0.05, 0) is 44.5 Å². The molecule has 0 aromatic carbocycles. The van der Waals surface area contributed by atoms with Gasteiger partial charge in [0.05, 0.1) is 6.20 Å². The van der Waals surface area contributed by atoms with Gasteiger partial charge in [0.15, 0.2) is 11.5 Å². The summed E-state index contributed by atoms with van der Waals surface area (Å²) in [4.78, 5) is 23.1. The number of aryl methyl sites for hydroxylation is 3. The van der Waals surface area contributed by atoms with E-state index in [-0.39, 0.29) is 11.7 Å². The van der Waals surface area contributed by atoms with E-state index in [1.807, 2.05) is 39.0 Å². The highest BCUT2D eigenvalue weighted by Crippen LogP contribution is 2.24. The third kappa shape index (κ3) is 3.63. The summed E-state index contributed by atoms with van der Waals surface area (Å²) < 4.78 is 7.44. The third-order valence-corrected chi connectivity index (χ3v) is 4.87. The van der Waals surface area contributed by atoms with Crippen molar-refractivity contribution >= 4 is 11.5 Å². The SMILES string of the molecule is Cc1ccc(OC2CCN(c3nn4c(=O)cc(C)nc4cc3C)CC2)cn1. The summed E-state index contributed by atoms with van der Waals surface area (Å²) >= 11 is 0. The molecule has 1 aliphatic rings. The number of pyridine rings is 1. The van der Waals surface area contributed by atoms with Gasteiger partial charge in [0.25, 0.3) is 5.56 Å². The van der Waals surface area contributed by atoms with Crippen LogP contribution < -0.4 is 15.2 Å². The van der Waals surface area contributed by atoms with E-state index < -0.39 is 0 Å². The van der Waals surface area contributed by atoms with Gasteiger partial charge in [-0.25, -0.2) is 4.98 Å². The summed E-state index contributed by atoms with van der Waals surface area (Å²) in [6.07, 6.45) is 3.74. The molecule has 1 aliphatic heterocycles. The zero-order chi connectivity index (χ0) is 19.0. The molecule has 3 aromatic heterocycles. The van der Waals surface area contributed by atoms with Gasteiger partial charge in [0.2, 0.25) is 0 Å². The Kier molecular flexibility index (Phi) is 4.51. The summed E-state index contributed by atoms with van der Waals surface area (Å²) in [5.41, 5.74) is 3.15. The minimum Gasteiger partial charge on any atom is -0.489 e. The van der Waals surface area contributed by atoms with Crippen LogP contribution in [0.3, 0.4) is 0 Å². The average Bonchev–Trinajstić information content (AvgIpc) is 2.64. The molecule has 4 rings (SSSR count). The van der Waals surface area contributed by atoms with Gasteiger partial charge in [-0.1, -0.05) is 0 Å². The maximum absolute atomic E-state index is 12.2. The second kappa shape index (κ2) is 6.98. The molecule has 0 bridgehead atoms. The molecule has 3 aromatic rings. The second-order valence-electron chi connectivity index (χ2n) is 7.10. The maximum atomic E-state index is 12.2. The predicted molar refractivity (Wildman–Crippen MR) is 104 cm³/mol. The smallest absolute Gasteiger partial charge is 0.274 e. The van der Waals surface area contributed by atoms with Crippen LogP contribution in [0.4, 0.5) is 5.82 Å². The van der Waals surface area contributed by atoms with Crippen LogP contribution in [0, 0.1) is 20.8 Å². The van der Waals surface area contributed by atoms with Gasteiger partial charge in [-0.3, -0.25) is 9.78 Å². The Balaban J connectivity index is 1.50. The number of rotatable bonds is 3. The lowest BCUT2D eigenvalue weighted by Gasteiger charge is -2.33. The first-order chi connectivity index (χ1) is 13.0. The van der Waals surface area contributed by atoms with Crippen LogP contribution in [0.2, 0.25) is 0 Å². The van der Waals surface area contributed by atoms with Crippen molar-refractivity contribution in [3.63, 3.8) is 0 Å². The highest BCUT2D eigenvalue weighted by atomic mass is 16.5. The molecule has 0 saturated carbocycles. The van der Waals surface area contributed by atoms with Gasteiger partial charge in [0.1, 0.15) is 11.9 Å². The summed E-state index contributed by atoms with van der Waals surface area (Å²) in [5.74, 6) is 1.65. The van der Waals surface area contributed by atoms with Gasteiger partial charge in [-0.15, -0.1) is 5.10 Å². The zero-order valence-electron chi connectivity index (χ0n) is 15.8. The average molecular weight is 365 g/mol. The van der Waals surface area contributed by atoms with Crippen LogP contribution in [0.5, 0.6) is 5.75 Å². The van der Waals surface area contributed by atoms with Gasteiger partial charge < -0.3 is 9.64 Å². The molecule has 140 valence electrons. The van der Waals surface area contributed by atoms with Crippen molar-refractivity contribution < 1.29 is 4.74 Å². The van der Waals surface area contributed by atoms with Crippen LogP contribution in [0.1, 0.15) is 29.8 Å². The lowest BCUT2D eigenvalue weighted by atomic mass is 10.1. The summed E-state index contributed by atoms with van der Waals surface area (Å²) in [6, 6.07) is 7.36. The van der Waals surface area contributed by atoms with Crippen molar-refractivity contribution in [2.75, 3.05) is 18.0 Å². The molecule has 0 unspecified atom stereocenters. The largest absolute Gasteiger partial charge is 0.489 e. The molecule has 4 heterocycles. The standard InChI is InChI=1S/C20H23N5O2/c1-13-10-18-22-15(3)11-19(26)25(18)23-20(13)24-8-6-16(7-9-24)27-17-5-4-14(2)21-12-17/h4-5,10-12,16H,6-9H2,1-3H3. The molecule has 0 atom stereocenters. The minimum absolute atomic E-state index is 0.149. The first-order valence-electron chi connectivity index (χ1n) is 9.22. The first kappa shape index (κ1) is 17.5. The van der Waals surface area contributed by atoms with Crippen LogP contribution in [0.15, 0.2) is 35.3 Å². The molecular weight excluding hydrogens is 342 g/mol. The fourth-order valence-electron chi connectivity index (χ4n) is 3.45. The van der Waals surface area contributed by atoms with Gasteiger partial charge in [0, 0.05) is 43.4 Å². The Bertz CT molecular complexity index is 1020. The topological polar surface area (TPSA) is 72.6 Å². The number of anilines is 1. The van der Waals surface area contributed by atoms with Crippen LogP contribution in [-0.2, 0) is 0 Å². The molecule has 7 heteroatoms. The quantitative estimate of drug-likeness (QED) is 0.710. The van der Waals surface area contributed by atoms with Crippen LogP contribution in [0.25, 0.3) is 5.65 Å². The Morgan fingerprint density at radius 1 is 1.07 bits per heavy atom. The minimum atomic E-state index is -0.149. The number of aromatic nitrogens is 4. The van der Waals surface area contributed by atoms with Crippen molar-refractivity contribution in [1.82, 2.24) is 19.6 Å². The van der Waals surface area contributed by atoms with Crippen molar-refractivity contribution in [2.45, 2.75) is 39.7 Å². The summed E-state index contributed by atoms with van der Waals surface area (Å²) in [7, 11) is 0. The monoisotopic (exact) mass is 365 g/mol. The first-order valence-corrected chi connectivity index (χ1v) is 9.22.